The number of hydrogen-bond donors (Lipinski definition) is 2. The van der Waals surface area contributed by atoms with Gasteiger partial charge < -0.3 is 6.15 Å². The summed E-state index contributed by atoms with van der Waals surface area (Å²) in [6, 6.07) is 0. The van der Waals surface area contributed by atoms with E-state index in [2.05, 4.69) is 0 Å². The molecule has 0 aliphatic carbocycles. The van der Waals surface area contributed by atoms with E-state index in [-0.39, 0.29) is 21.0 Å². The van der Waals surface area contributed by atoms with Crippen LogP contribution in [0.3, 0.4) is 0 Å². The van der Waals surface area contributed by atoms with E-state index in [1.807, 2.05) is 0 Å². The second-order valence-electron chi connectivity index (χ2n) is 0. The molecule has 0 spiro atoms. The van der Waals surface area contributed by atoms with Gasteiger partial charge in [0.2, 0.25) is 0 Å². The SMILES string of the molecule is C.C.N.[NH]=[GaH]. The quantitative estimate of drug-likeness (QED) is 0.479. The minimum absolute atomic E-state index is 0. The molecular weight excluding hydrogens is 122 g/mol. The van der Waals surface area contributed by atoms with Crippen molar-refractivity contribution in [3.8, 4) is 0 Å². The van der Waals surface area contributed by atoms with Gasteiger partial charge in [-0.15, -0.1) is 0 Å². The fraction of sp³-hybridized carbons (Fsp3) is 1.00. The van der Waals surface area contributed by atoms with Gasteiger partial charge in [-0.1, -0.05) is 14.9 Å². The van der Waals surface area contributed by atoms with Gasteiger partial charge in [0, 0.05) is 0 Å². The first-order valence-electron chi connectivity index (χ1n) is 0.354. The van der Waals surface area contributed by atoms with Crippen molar-refractivity contribution >= 4 is 18.4 Å². The zero-order valence-corrected chi connectivity index (χ0v) is 4.88. The Morgan fingerprint density at radius 2 is 1.00 bits per heavy atom. The van der Waals surface area contributed by atoms with Gasteiger partial charge in [0.15, 0.2) is 0 Å². The van der Waals surface area contributed by atoms with E-state index in [1.54, 1.807) is 0 Å². The Bertz CT molecular complexity index is 7.61. The molecule has 0 aromatic carbocycles. The van der Waals surface area contributed by atoms with E-state index in [4.69, 9.17) is 4.06 Å². The zero-order chi connectivity index (χ0) is 2.00. The number of nitrogens with one attached hydrogen (secondary N) is 1. The van der Waals surface area contributed by atoms with Crippen molar-refractivity contribution in [3.63, 3.8) is 0 Å². The summed E-state index contributed by atoms with van der Waals surface area (Å²) in [4.78, 5) is 0. The van der Waals surface area contributed by atoms with E-state index < -0.39 is 0 Å². The number of hydrogen-bond acceptors (Lipinski definition) is 2. The molecule has 2 nitrogen and oxygen atoms in total. The summed E-state index contributed by atoms with van der Waals surface area (Å²) in [7, 11) is 0. The van der Waals surface area contributed by atoms with Crippen LogP contribution in [0.5, 0.6) is 0 Å². The van der Waals surface area contributed by atoms with Crippen LogP contribution in [0.1, 0.15) is 14.9 Å². The molecule has 0 fully saturated rings. The van der Waals surface area contributed by atoms with Crippen LogP contribution >= 0.6 is 0 Å². The van der Waals surface area contributed by atoms with Crippen LogP contribution < -0.4 is 6.15 Å². The Balaban J connectivity index is -0.00000000167. The van der Waals surface area contributed by atoms with Crippen LogP contribution in [-0.4, -0.2) is 18.4 Å². The molecule has 0 heterocycles. The third-order valence-electron chi connectivity index (χ3n) is 0. The molecule has 0 bridgehead atoms. The summed E-state index contributed by atoms with van der Waals surface area (Å²) in [6.07, 6.45) is 0. The Hall–Kier alpha value is 0.396. The molecule has 0 unspecified atom stereocenters. The Labute approximate surface area is 44.1 Å². The molecular formula is C2H13GaN2. The fourth-order valence-corrected chi connectivity index (χ4v) is 0. The molecule has 5 heavy (non-hydrogen) atoms. The molecule has 0 aliphatic heterocycles. The van der Waals surface area contributed by atoms with Gasteiger partial charge in [-0.25, -0.2) is 0 Å². The van der Waals surface area contributed by atoms with Gasteiger partial charge >= 0.3 is 22.5 Å². The van der Waals surface area contributed by atoms with Crippen LogP contribution in [0.15, 0.2) is 0 Å². The zero-order valence-electron chi connectivity index (χ0n) is 1.91. The molecule has 0 aliphatic rings. The monoisotopic (exact) mass is 134 g/mol. The van der Waals surface area contributed by atoms with E-state index in [1.165, 1.54) is 0 Å². The molecule has 0 aromatic rings. The molecule has 0 aromatic heterocycles. The average Bonchev–Trinajstić information content (AvgIpc) is 1.00. The predicted octanol–water partition coefficient (Wildman–Crippen LogP) is 1.08. The van der Waals surface area contributed by atoms with Crippen molar-refractivity contribution in [3.05, 3.63) is 0 Å². The van der Waals surface area contributed by atoms with Crippen LogP contribution in [-0.2, 0) is 0 Å². The third-order valence-corrected chi connectivity index (χ3v) is 0. The molecule has 4 N–H and O–H groups in total. The Morgan fingerprint density at radius 3 is 1.00 bits per heavy atom. The summed E-state index contributed by atoms with van der Waals surface area (Å²) >= 11 is 0.625. The van der Waals surface area contributed by atoms with Gasteiger partial charge in [0.05, 0.1) is 0 Å². The normalized spacial score (nSPS) is 0.600. The predicted molar refractivity (Wildman–Crippen MR) is 28.4 cm³/mol. The van der Waals surface area contributed by atoms with Crippen molar-refractivity contribution in [2.75, 3.05) is 0 Å². The molecule has 3 heteroatoms. The first-order valence-corrected chi connectivity index (χ1v) is 1.84. The summed E-state index contributed by atoms with van der Waals surface area (Å²) in [5.74, 6) is 0. The van der Waals surface area contributed by atoms with Gasteiger partial charge in [-0.05, 0) is 0 Å². The van der Waals surface area contributed by atoms with Gasteiger partial charge in [-0.3, -0.25) is 0 Å². The van der Waals surface area contributed by atoms with Crippen LogP contribution in [0.4, 0.5) is 0 Å². The van der Waals surface area contributed by atoms with Crippen molar-refractivity contribution in [1.29, 1.82) is 4.06 Å². The van der Waals surface area contributed by atoms with Crippen LogP contribution in [0.25, 0.3) is 0 Å². The first kappa shape index (κ1) is 53.5. The van der Waals surface area contributed by atoms with Crippen molar-refractivity contribution < 1.29 is 0 Å². The summed E-state index contributed by atoms with van der Waals surface area (Å²) in [6.45, 7) is 0. The summed E-state index contributed by atoms with van der Waals surface area (Å²) in [5.41, 5.74) is 0. The molecule has 34 valence electrons. The second kappa shape index (κ2) is 323. The van der Waals surface area contributed by atoms with Crippen molar-refractivity contribution in [2.24, 2.45) is 0 Å². The van der Waals surface area contributed by atoms with Crippen LogP contribution in [0, 0.1) is 4.06 Å². The third kappa shape index (κ3) is 161. The molecule has 0 saturated heterocycles. The maximum atomic E-state index is 5.88. The van der Waals surface area contributed by atoms with Crippen molar-refractivity contribution in [2.45, 2.75) is 14.9 Å². The van der Waals surface area contributed by atoms with E-state index in [0.29, 0.717) is 18.4 Å². The van der Waals surface area contributed by atoms with Gasteiger partial charge in [-0.2, -0.15) is 0 Å². The molecule has 0 amide bonds. The average molecular weight is 135 g/mol. The fourth-order valence-electron chi connectivity index (χ4n) is 0. The van der Waals surface area contributed by atoms with Crippen LogP contribution in [0.2, 0.25) is 0 Å². The maximum absolute atomic E-state index is 5.88. The molecule has 0 radical (unpaired) electrons. The second-order valence-corrected chi connectivity index (χ2v) is 0. The van der Waals surface area contributed by atoms with E-state index >= 15 is 0 Å². The molecule has 0 saturated carbocycles. The summed E-state index contributed by atoms with van der Waals surface area (Å²) in [5, 5.41) is 0. The Morgan fingerprint density at radius 1 is 1.00 bits per heavy atom. The number of rotatable bonds is 0. The Kier molecular flexibility index (Phi) is 3450. The molecule has 0 atom stereocenters. The van der Waals surface area contributed by atoms with E-state index in [0.717, 1.165) is 0 Å². The summed E-state index contributed by atoms with van der Waals surface area (Å²) < 4.78 is 5.88. The molecule has 0 rings (SSSR count). The minimum atomic E-state index is 0. The van der Waals surface area contributed by atoms with Crippen molar-refractivity contribution in [1.82, 2.24) is 6.15 Å². The standard InChI is InChI=1S/2CH4.Ga.H3N.HN.H/h2*1H4;;1H3;1H;. The van der Waals surface area contributed by atoms with E-state index in [9.17, 15) is 0 Å². The topological polar surface area (TPSA) is 58.9 Å². The van der Waals surface area contributed by atoms with Gasteiger partial charge in [0.1, 0.15) is 0 Å². The first-order chi connectivity index (χ1) is 1.00. The van der Waals surface area contributed by atoms with Gasteiger partial charge in [0.25, 0.3) is 0 Å².